The molecule has 1 aliphatic rings. The van der Waals surface area contributed by atoms with Crippen LogP contribution in [0.25, 0.3) is 0 Å². The number of rotatable bonds is 8. The van der Waals surface area contributed by atoms with E-state index in [1.165, 1.54) is 19.1 Å². The molecule has 1 saturated carbocycles. The van der Waals surface area contributed by atoms with Crippen molar-refractivity contribution in [2.24, 2.45) is 11.8 Å². The van der Waals surface area contributed by atoms with Crippen LogP contribution in [0.5, 0.6) is 0 Å². The number of nitrogens with zero attached hydrogens (tertiary/aromatic N) is 1. The van der Waals surface area contributed by atoms with Crippen molar-refractivity contribution < 1.29 is 18.0 Å². The first-order valence-corrected chi connectivity index (χ1v) is 11.9. The van der Waals surface area contributed by atoms with E-state index >= 15 is 0 Å². The SMILES string of the molecule is CC(=O)Nc1ccc(S(=O)(=O)NCC2CCC(C(=O)NCc3ccccn3)CC2)cc1. The molecule has 3 rings (SSSR count). The molecule has 0 bridgehead atoms. The van der Waals surface area contributed by atoms with E-state index in [1.54, 1.807) is 18.3 Å². The van der Waals surface area contributed by atoms with Crippen LogP contribution < -0.4 is 15.4 Å². The molecule has 1 fully saturated rings. The van der Waals surface area contributed by atoms with Crippen molar-refractivity contribution in [3.05, 3.63) is 54.4 Å². The molecule has 1 aromatic carbocycles. The molecule has 0 saturated heterocycles. The molecular weight excluding hydrogens is 416 g/mol. The van der Waals surface area contributed by atoms with Gasteiger partial charge in [0.15, 0.2) is 0 Å². The number of sulfonamides is 1. The molecule has 0 aliphatic heterocycles. The van der Waals surface area contributed by atoms with Gasteiger partial charge in [-0.3, -0.25) is 14.6 Å². The van der Waals surface area contributed by atoms with E-state index in [9.17, 15) is 18.0 Å². The molecule has 8 nitrogen and oxygen atoms in total. The van der Waals surface area contributed by atoms with Gasteiger partial charge in [-0.1, -0.05) is 6.07 Å². The summed E-state index contributed by atoms with van der Waals surface area (Å²) in [6.07, 6.45) is 4.78. The molecule has 0 radical (unpaired) electrons. The second-order valence-electron chi connectivity index (χ2n) is 7.81. The number of carbonyl (C=O) groups is 2. The van der Waals surface area contributed by atoms with Gasteiger partial charge >= 0.3 is 0 Å². The Balaban J connectivity index is 1.43. The third-order valence-electron chi connectivity index (χ3n) is 5.43. The number of aromatic nitrogens is 1. The van der Waals surface area contributed by atoms with Crippen LogP contribution in [0.1, 0.15) is 38.3 Å². The molecule has 0 unspecified atom stereocenters. The highest BCUT2D eigenvalue weighted by molar-refractivity contribution is 7.89. The standard InChI is InChI=1S/C22H28N4O4S/c1-16(27)26-19-9-11-21(12-10-19)31(29,30)25-14-17-5-7-18(8-6-17)22(28)24-15-20-4-2-3-13-23-20/h2-4,9-13,17-18,25H,5-8,14-15H2,1H3,(H,24,28)(H,26,27). The summed E-state index contributed by atoms with van der Waals surface area (Å²) in [5.41, 5.74) is 1.37. The maximum absolute atomic E-state index is 12.5. The first-order chi connectivity index (χ1) is 14.8. The van der Waals surface area contributed by atoms with Crippen LogP contribution in [0.3, 0.4) is 0 Å². The molecule has 31 heavy (non-hydrogen) atoms. The summed E-state index contributed by atoms with van der Waals surface area (Å²) in [6, 6.07) is 11.7. The van der Waals surface area contributed by atoms with Gasteiger partial charge in [0, 0.05) is 31.3 Å². The Morgan fingerprint density at radius 3 is 2.35 bits per heavy atom. The highest BCUT2D eigenvalue weighted by atomic mass is 32.2. The van der Waals surface area contributed by atoms with Gasteiger partial charge in [0.25, 0.3) is 0 Å². The van der Waals surface area contributed by atoms with E-state index in [2.05, 4.69) is 20.3 Å². The fourth-order valence-corrected chi connectivity index (χ4v) is 4.80. The minimum absolute atomic E-state index is 0.0314. The summed E-state index contributed by atoms with van der Waals surface area (Å²) < 4.78 is 27.7. The van der Waals surface area contributed by atoms with Gasteiger partial charge in [0.1, 0.15) is 0 Å². The molecule has 0 spiro atoms. The molecule has 1 aliphatic carbocycles. The fraction of sp³-hybridized carbons (Fsp3) is 0.409. The summed E-state index contributed by atoms with van der Waals surface area (Å²) in [7, 11) is -3.62. The Morgan fingerprint density at radius 1 is 1.03 bits per heavy atom. The molecular formula is C22H28N4O4S. The number of pyridine rings is 1. The van der Waals surface area contributed by atoms with Crippen molar-refractivity contribution in [2.75, 3.05) is 11.9 Å². The van der Waals surface area contributed by atoms with Gasteiger partial charge in [0.2, 0.25) is 21.8 Å². The molecule has 3 N–H and O–H groups in total. The van der Waals surface area contributed by atoms with Crippen molar-refractivity contribution in [1.82, 2.24) is 15.0 Å². The van der Waals surface area contributed by atoms with Gasteiger partial charge in [-0.2, -0.15) is 0 Å². The quantitative estimate of drug-likeness (QED) is 0.578. The van der Waals surface area contributed by atoms with Crippen molar-refractivity contribution >= 4 is 27.5 Å². The molecule has 0 atom stereocenters. The van der Waals surface area contributed by atoms with Crippen LogP contribution in [-0.2, 0) is 26.2 Å². The number of carbonyl (C=O) groups excluding carboxylic acids is 2. The van der Waals surface area contributed by atoms with Crippen molar-refractivity contribution in [3.63, 3.8) is 0 Å². The number of nitrogens with one attached hydrogen (secondary N) is 3. The number of hydrogen-bond acceptors (Lipinski definition) is 5. The summed E-state index contributed by atoms with van der Waals surface area (Å²) in [4.78, 5) is 27.8. The van der Waals surface area contributed by atoms with Crippen molar-refractivity contribution in [1.29, 1.82) is 0 Å². The lowest BCUT2D eigenvalue weighted by Gasteiger charge is -2.27. The Bertz CT molecular complexity index is 986. The van der Waals surface area contributed by atoms with E-state index in [1.807, 2.05) is 18.2 Å². The largest absolute Gasteiger partial charge is 0.350 e. The highest BCUT2D eigenvalue weighted by Crippen LogP contribution is 2.29. The van der Waals surface area contributed by atoms with E-state index in [0.717, 1.165) is 31.4 Å². The zero-order chi connectivity index (χ0) is 22.3. The summed E-state index contributed by atoms with van der Waals surface area (Å²) in [5.74, 6) is -0.0233. The Kier molecular flexibility index (Phi) is 7.75. The van der Waals surface area contributed by atoms with E-state index in [-0.39, 0.29) is 28.5 Å². The average molecular weight is 445 g/mol. The summed E-state index contributed by atoms with van der Waals surface area (Å²) in [6.45, 7) is 2.16. The maximum atomic E-state index is 12.5. The molecule has 1 aromatic heterocycles. The molecule has 9 heteroatoms. The molecule has 166 valence electrons. The Labute approximate surface area is 182 Å². The number of hydrogen-bond donors (Lipinski definition) is 3. The van der Waals surface area contributed by atoms with Crippen LogP contribution in [0.4, 0.5) is 5.69 Å². The zero-order valence-corrected chi connectivity index (χ0v) is 18.3. The van der Waals surface area contributed by atoms with Crippen molar-refractivity contribution in [2.45, 2.75) is 44.0 Å². The molecule has 2 amide bonds. The van der Waals surface area contributed by atoms with Gasteiger partial charge in [-0.25, -0.2) is 13.1 Å². The minimum atomic E-state index is -3.62. The fourth-order valence-electron chi connectivity index (χ4n) is 3.69. The monoisotopic (exact) mass is 444 g/mol. The molecule has 1 heterocycles. The third-order valence-corrected chi connectivity index (χ3v) is 6.87. The van der Waals surface area contributed by atoms with E-state index in [0.29, 0.717) is 18.8 Å². The number of anilines is 1. The van der Waals surface area contributed by atoms with Crippen LogP contribution in [-0.4, -0.2) is 31.8 Å². The van der Waals surface area contributed by atoms with Gasteiger partial charge in [-0.15, -0.1) is 0 Å². The number of amides is 2. The zero-order valence-electron chi connectivity index (χ0n) is 17.5. The van der Waals surface area contributed by atoms with Gasteiger partial charge in [-0.05, 0) is 68.0 Å². The first kappa shape index (κ1) is 22.9. The molecule has 2 aromatic rings. The average Bonchev–Trinajstić information content (AvgIpc) is 2.77. The topological polar surface area (TPSA) is 117 Å². The second-order valence-corrected chi connectivity index (χ2v) is 9.58. The Morgan fingerprint density at radius 2 is 1.74 bits per heavy atom. The van der Waals surface area contributed by atoms with Crippen LogP contribution in [0.2, 0.25) is 0 Å². The maximum Gasteiger partial charge on any atom is 0.240 e. The third kappa shape index (κ3) is 6.86. The van der Waals surface area contributed by atoms with Crippen molar-refractivity contribution in [3.8, 4) is 0 Å². The van der Waals surface area contributed by atoms with E-state index in [4.69, 9.17) is 0 Å². The summed E-state index contributed by atoms with van der Waals surface area (Å²) >= 11 is 0. The normalized spacial score (nSPS) is 18.9. The predicted octanol–water partition coefficient (Wildman–Crippen LogP) is 2.44. The minimum Gasteiger partial charge on any atom is -0.350 e. The summed E-state index contributed by atoms with van der Waals surface area (Å²) in [5, 5.41) is 5.55. The Hall–Kier alpha value is -2.78. The predicted molar refractivity (Wildman–Crippen MR) is 117 cm³/mol. The van der Waals surface area contributed by atoms with Crippen LogP contribution in [0.15, 0.2) is 53.6 Å². The van der Waals surface area contributed by atoms with Crippen LogP contribution in [0, 0.1) is 11.8 Å². The van der Waals surface area contributed by atoms with Crippen LogP contribution >= 0.6 is 0 Å². The first-order valence-electron chi connectivity index (χ1n) is 10.4. The highest BCUT2D eigenvalue weighted by Gasteiger charge is 2.27. The van der Waals surface area contributed by atoms with Gasteiger partial charge < -0.3 is 10.6 Å². The van der Waals surface area contributed by atoms with E-state index < -0.39 is 10.0 Å². The smallest absolute Gasteiger partial charge is 0.240 e. The van der Waals surface area contributed by atoms with Gasteiger partial charge in [0.05, 0.1) is 17.1 Å². The second kappa shape index (κ2) is 10.5. The lowest BCUT2D eigenvalue weighted by atomic mass is 9.81. The number of benzene rings is 1. The lowest BCUT2D eigenvalue weighted by molar-refractivity contribution is -0.126. The lowest BCUT2D eigenvalue weighted by Crippen LogP contribution is -2.36.